The molecule has 0 spiro atoms. The van der Waals surface area contributed by atoms with Crippen LogP contribution in [0.25, 0.3) is 28.3 Å². The van der Waals surface area contributed by atoms with E-state index in [1.807, 2.05) is 16.7 Å². The van der Waals surface area contributed by atoms with Gasteiger partial charge in [-0.3, -0.25) is 4.40 Å². The molecule has 0 bridgehead atoms. The molecule has 31 heavy (non-hydrogen) atoms. The lowest BCUT2D eigenvalue weighted by Gasteiger charge is -2.30. The summed E-state index contributed by atoms with van der Waals surface area (Å²) in [6.45, 7) is 2.19. The molecule has 0 aliphatic carbocycles. The average molecular weight is 417 g/mol. The maximum Gasteiger partial charge on any atom is 0.220 e. The number of hydrogen-bond acceptors (Lipinski definition) is 6. The fourth-order valence-electron chi connectivity index (χ4n) is 4.08. The second kappa shape index (κ2) is 7.96. The summed E-state index contributed by atoms with van der Waals surface area (Å²) in [7, 11) is 2.16. The third-order valence-corrected chi connectivity index (χ3v) is 5.75. The van der Waals surface area contributed by atoms with E-state index in [0.29, 0.717) is 11.7 Å². The van der Waals surface area contributed by atoms with Crippen LogP contribution in [0, 0.1) is 5.82 Å². The summed E-state index contributed by atoms with van der Waals surface area (Å²) in [6, 6.07) is 12.7. The van der Waals surface area contributed by atoms with Crippen molar-refractivity contribution >= 4 is 17.3 Å². The summed E-state index contributed by atoms with van der Waals surface area (Å²) in [5.74, 6) is -0.0944. The van der Waals surface area contributed by atoms with E-state index in [1.54, 1.807) is 24.4 Å². The number of nitrogen functional groups attached to an aromatic ring is 1. The van der Waals surface area contributed by atoms with Crippen LogP contribution in [0.2, 0.25) is 0 Å². The molecule has 1 saturated heterocycles. The molecule has 0 amide bonds. The molecule has 1 aromatic carbocycles. The Hall–Kier alpha value is -3.52. The monoisotopic (exact) mass is 417 g/mol. The molecule has 0 unspecified atom stereocenters. The zero-order chi connectivity index (χ0) is 21.4. The summed E-state index contributed by atoms with van der Waals surface area (Å²) in [5.41, 5.74) is 10.6. The molecule has 1 fully saturated rings. The molecule has 8 heteroatoms. The van der Waals surface area contributed by atoms with Gasteiger partial charge in [0.1, 0.15) is 11.5 Å². The molecular formula is C23H24FN7. The first-order valence-electron chi connectivity index (χ1n) is 10.4. The predicted octanol–water partition coefficient (Wildman–Crippen LogP) is 3.69. The van der Waals surface area contributed by atoms with E-state index in [1.165, 1.54) is 12.1 Å². The van der Waals surface area contributed by atoms with Crippen molar-refractivity contribution in [1.82, 2.24) is 24.3 Å². The van der Waals surface area contributed by atoms with Crippen LogP contribution in [0.5, 0.6) is 0 Å². The van der Waals surface area contributed by atoms with E-state index < -0.39 is 0 Å². The van der Waals surface area contributed by atoms with Gasteiger partial charge in [0.25, 0.3) is 0 Å². The van der Waals surface area contributed by atoms with Crippen molar-refractivity contribution in [3.8, 4) is 22.6 Å². The Balaban J connectivity index is 1.58. The minimum atomic E-state index is -0.287. The molecule has 3 N–H and O–H groups in total. The zero-order valence-corrected chi connectivity index (χ0v) is 17.3. The number of nitrogens with zero attached hydrogens (tertiary/aromatic N) is 5. The van der Waals surface area contributed by atoms with Gasteiger partial charge in [0.2, 0.25) is 5.95 Å². The van der Waals surface area contributed by atoms with Gasteiger partial charge in [0, 0.05) is 35.8 Å². The number of anilines is 2. The summed E-state index contributed by atoms with van der Waals surface area (Å²) in [4.78, 5) is 15.6. The predicted molar refractivity (Wildman–Crippen MR) is 120 cm³/mol. The number of nitrogens with one attached hydrogen (secondary N) is 1. The van der Waals surface area contributed by atoms with Gasteiger partial charge in [0.05, 0.1) is 17.1 Å². The SMILES string of the molecule is CN1CCC(Nc2ccn3c(-c4ccnc(N)n4)c(-c4ccc(F)cc4)nc3c2)CC1. The third kappa shape index (κ3) is 3.94. The lowest BCUT2D eigenvalue weighted by Crippen LogP contribution is -2.36. The van der Waals surface area contributed by atoms with Crippen molar-refractivity contribution in [2.45, 2.75) is 18.9 Å². The Labute approximate surface area is 179 Å². The molecular weight excluding hydrogens is 393 g/mol. The smallest absolute Gasteiger partial charge is 0.220 e. The van der Waals surface area contributed by atoms with Gasteiger partial charge in [-0.15, -0.1) is 0 Å². The van der Waals surface area contributed by atoms with Crippen LogP contribution in [-0.2, 0) is 0 Å². The highest BCUT2D eigenvalue weighted by atomic mass is 19.1. The van der Waals surface area contributed by atoms with Crippen LogP contribution < -0.4 is 11.1 Å². The van der Waals surface area contributed by atoms with E-state index in [2.05, 4.69) is 33.3 Å². The Morgan fingerprint density at radius 2 is 1.84 bits per heavy atom. The van der Waals surface area contributed by atoms with E-state index in [4.69, 9.17) is 10.7 Å². The quantitative estimate of drug-likeness (QED) is 0.527. The molecule has 0 saturated carbocycles. The summed E-state index contributed by atoms with van der Waals surface area (Å²) >= 11 is 0. The molecule has 4 aromatic rings. The van der Waals surface area contributed by atoms with E-state index >= 15 is 0 Å². The first-order valence-corrected chi connectivity index (χ1v) is 10.4. The second-order valence-electron chi connectivity index (χ2n) is 7.98. The highest BCUT2D eigenvalue weighted by molar-refractivity contribution is 5.81. The summed E-state index contributed by atoms with van der Waals surface area (Å²) < 4.78 is 15.5. The number of halogens is 1. The molecule has 3 aromatic heterocycles. The van der Waals surface area contributed by atoms with Crippen LogP contribution in [0.15, 0.2) is 54.9 Å². The zero-order valence-electron chi connectivity index (χ0n) is 17.3. The molecule has 0 radical (unpaired) electrons. The number of rotatable bonds is 4. The van der Waals surface area contributed by atoms with Gasteiger partial charge in [-0.05, 0) is 69.4 Å². The van der Waals surface area contributed by atoms with Gasteiger partial charge in [-0.2, -0.15) is 0 Å². The van der Waals surface area contributed by atoms with Gasteiger partial charge < -0.3 is 16.0 Å². The number of aromatic nitrogens is 4. The number of piperidine rings is 1. The minimum absolute atomic E-state index is 0.193. The number of benzene rings is 1. The molecule has 5 rings (SSSR count). The Morgan fingerprint density at radius 1 is 1.06 bits per heavy atom. The largest absolute Gasteiger partial charge is 0.382 e. The van der Waals surface area contributed by atoms with E-state index in [9.17, 15) is 4.39 Å². The first kappa shape index (κ1) is 19.4. The Kier molecular flexibility index (Phi) is 4.99. The number of fused-ring (bicyclic) bond motifs is 1. The van der Waals surface area contributed by atoms with E-state index in [-0.39, 0.29) is 11.8 Å². The van der Waals surface area contributed by atoms with Crippen LogP contribution in [-0.4, -0.2) is 50.4 Å². The Morgan fingerprint density at radius 3 is 2.58 bits per heavy atom. The van der Waals surface area contributed by atoms with Crippen molar-refractivity contribution in [3.63, 3.8) is 0 Å². The van der Waals surface area contributed by atoms with Gasteiger partial charge in [-0.1, -0.05) is 0 Å². The number of pyridine rings is 1. The van der Waals surface area contributed by atoms with Crippen molar-refractivity contribution in [3.05, 3.63) is 60.7 Å². The molecule has 4 heterocycles. The van der Waals surface area contributed by atoms with Gasteiger partial charge in [-0.25, -0.2) is 19.3 Å². The standard InChI is InChI=1S/C23H24FN7/c1-30-11-7-17(8-12-30)27-18-9-13-31-20(14-18)29-21(15-2-4-16(24)5-3-15)22(31)19-6-10-26-23(25)28-19/h2-6,9-10,13-14,17,27H,7-8,11-12H2,1H3,(H2,25,26,28). The third-order valence-electron chi connectivity index (χ3n) is 5.75. The van der Waals surface area contributed by atoms with Crippen LogP contribution in [0.4, 0.5) is 16.0 Å². The normalized spacial score (nSPS) is 15.4. The van der Waals surface area contributed by atoms with Gasteiger partial charge >= 0.3 is 0 Å². The summed E-state index contributed by atoms with van der Waals surface area (Å²) in [5, 5.41) is 3.64. The van der Waals surface area contributed by atoms with E-state index in [0.717, 1.165) is 54.2 Å². The van der Waals surface area contributed by atoms with Crippen molar-refractivity contribution in [2.75, 3.05) is 31.2 Å². The fraction of sp³-hybridized carbons (Fsp3) is 0.261. The topological polar surface area (TPSA) is 84.4 Å². The van der Waals surface area contributed by atoms with Crippen LogP contribution in [0.3, 0.4) is 0 Å². The number of hydrogen-bond donors (Lipinski definition) is 2. The lowest BCUT2D eigenvalue weighted by molar-refractivity contribution is 0.264. The fourth-order valence-corrected chi connectivity index (χ4v) is 4.08. The number of nitrogens with two attached hydrogens (primary N) is 1. The summed E-state index contributed by atoms with van der Waals surface area (Å²) in [6.07, 6.45) is 5.84. The molecule has 1 aliphatic rings. The lowest BCUT2D eigenvalue weighted by atomic mass is 10.1. The second-order valence-corrected chi connectivity index (χ2v) is 7.98. The van der Waals surface area contributed by atoms with Crippen LogP contribution >= 0.6 is 0 Å². The molecule has 1 aliphatic heterocycles. The van der Waals surface area contributed by atoms with Crippen molar-refractivity contribution in [2.24, 2.45) is 0 Å². The maximum atomic E-state index is 13.5. The minimum Gasteiger partial charge on any atom is -0.382 e. The number of imidazole rings is 1. The van der Waals surface area contributed by atoms with Crippen molar-refractivity contribution < 1.29 is 4.39 Å². The molecule has 7 nitrogen and oxygen atoms in total. The van der Waals surface area contributed by atoms with Crippen molar-refractivity contribution in [1.29, 1.82) is 0 Å². The number of likely N-dealkylation sites (tertiary alicyclic amines) is 1. The average Bonchev–Trinajstić information content (AvgIpc) is 3.14. The molecule has 158 valence electrons. The Bertz CT molecular complexity index is 1210. The highest BCUT2D eigenvalue weighted by Crippen LogP contribution is 2.33. The molecule has 0 atom stereocenters. The van der Waals surface area contributed by atoms with Crippen LogP contribution in [0.1, 0.15) is 12.8 Å². The van der Waals surface area contributed by atoms with Gasteiger partial charge in [0.15, 0.2) is 0 Å². The maximum absolute atomic E-state index is 13.5. The highest BCUT2D eigenvalue weighted by Gasteiger charge is 2.20. The first-order chi connectivity index (χ1) is 15.1.